The normalized spacial score (nSPS) is 15.7. The first kappa shape index (κ1) is 28.1. The first-order chi connectivity index (χ1) is 19.5. The second-order valence-electron chi connectivity index (χ2n) is 10.3. The van der Waals surface area contributed by atoms with Crippen molar-refractivity contribution in [3.8, 4) is 23.0 Å². The van der Waals surface area contributed by atoms with Gasteiger partial charge in [0.2, 0.25) is 0 Å². The van der Waals surface area contributed by atoms with Crippen LogP contribution in [0.5, 0.6) is 23.0 Å². The lowest BCUT2D eigenvalue weighted by Gasteiger charge is -2.30. The Labute approximate surface area is 240 Å². The Morgan fingerprint density at radius 2 is 1.95 bits per heavy atom. The van der Waals surface area contributed by atoms with Gasteiger partial charge in [0.1, 0.15) is 5.75 Å². The van der Waals surface area contributed by atoms with E-state index < -0.39 is 5.82 Å². The van der Waals surface area contributed by atoms with Gasteiger partial charge >= 0.3 is 0 Å². The molecule has 8 heteroatoms. The summed E-state index contributed by atoms with van der Waals surface area (Å²) in [6.07, 6.45) is 5.19. The summed E-state index contributed by atoms with van der Waals surface area (Å²) in [4.78, 5) is 8.07. The van der Waals surface area contributed by atoms with Crippen molar-refractivity contribution >= 4 is 28.5 Å². The molecule has 0 spiro atoms. The Balaban J connectivity index is 1.24. The maximum absolute atomic E-state index is 15.0. The molecule has 1 atom stereocenters. The zero-order valence-corrected chi connectivity index (χ0v) is 24.1. The van der Waals surface area contributed by atoms with Crippen LogP contribution >= 0.6 is 11.9 Å². The quantitative estimate of drug-likeness (QED) is 0.147. The molecular weight excluding hydrogens is 525 g/mol. The molecule has 0 saturated carbocycles. The maximum atomic E-state index is 15.0. The number of fused-ring (bicyclic) bond motifs is 1. The van der Waals surface area contributed by atoms with Crippen molar-refractivity contribution in [3.63, 3.8) is 0 Å². The van der Waals surface area contributed by atoms with Gasteiger partial charge in [0.25, 0.3) is 0 Å². The van der Waals surface area contributed by atoms with Gasteiger partial charge in [0.15, 0.2) is 23.1 Å². The number of rotatable bonds is 11. The molecule has 210 valence electrons. The molecule has 6 nitrogen and oxygen atoms in total. The Kier molecular flexibility index (Phi) is 9.29. The fourth-order valence-electron chi connectivity index (χ4n) is 5.01. The van der Waals surface area contributed by atoms with Crippen molar-refractivity contribution in [2.24, 2.45) is 5.92 Å². The van der Waals surface area contributed by atoms with Crippen LogP contribution in [0, 0.1) is 18.7 Å². The van der Waals surface area contributed by atoms with Crippen LogP contribution < -0.4 is 18.9 Å². The lowest BCUT2D eigenvalue weighted by molar-refractivity contribution is 0.169. The van der Waals surface area contributed by atoms with E-state index in [0.717, 1.165) is 30.3 Å². The Bertz CT molecular complexity index is 1450. The predicted octanol–water partition coefficient (Wildman–Crippen LogP) is 8.10. The second kappa shape index (κ2) is 13.2. The highest BCUT2D eigenvalue weighted by atomic mass is 32.2. The van der Waals surface area contributed by atoms with Crippen molar-refractivity contribution in [1.29, 1.82) is 0 Å². The highest BCUT2D eigenvalue weighted by Gasteiger charge is 2.17. The second-order valence-corrected chi connectivity index (χ2v) is 11.2. The zero-order chi connectivity index (χ0) is 27.9. The molecule has 1 saturated heterocycles. The van der Waals surface area contributed by atoms with E-state index in [1.807, 2.05) is 37.3 Å². The Hall–Kier alpha value is -3.49. The predicted molar refractivity (Wildman–Crippen MR) is 160 cm³/mol. The number of likely N-dealkylation sites (tertiary alicyclic amines) is 1. The number of benzene rings is 3. The third-order valence-electron chi connectivity index (χ3n) is 7.03. The molecule has 0 radical (unpaired) electrons. The lowest BCUT2D eigenvalue weighted by Crippen LogP contribution is -2.35. The zero-order valence-electron chi connectivity index (χ0n) is 23.3. The van der Waals surface area contributed by atoms with Gasteiger partial charge in [-0.15, -0.1) is 0 Å². The van der Waals surface area contributed by atoms with E-state index in [2.05, 4.69) is 27.6 Å². The molecule has 5 rings (SSSR count). The van der Waals surface area contributed by atoms with Crippen LogP contribution in [0.1, 0.15) is 31.7 Å². The number of hydrogen-bond acceptors (Lipinski definition) is 7. The van der Waals surface area contributed by atoms with E-state index in [4.69, 9.17) is 14.2 Å². The van der Waals surface area contributed by atoms with Crippen molar-refractivity contribution in [1.82, 2.24) is 9.88 Å². The van der Waals surface area contributed by atoms with Crippen LogP contribution in [-0.4, -0.2) is 43.2 Å². The summed E-state index contributed by atoms with van der Waals surface area (Å²) < 4.78 is 36.0. The summed E-state index contributed by atoms with van der Waals surface area (Å²) in [5.74, 6) is 2.15. The highest BCUT2D eigenvalue weighted by molar-refractivity contribution is 8.00. The summed E-state index contributed by atoms with van der Waals surface area (Å²) in [6.45, 7) is 8.32. The van der Waals surface area contributed by atoms with E-state index in [0.29, 0.717) is 40.4 Å². The molecule has 40 heavy (non-hydrogen) atoms. The van der Waals surface area contributed by atoms with Crippen molar-refractivity contribution in [2.75, 3.05) is 38.1 Å². The van der Waals surface area contributed by atoms with Crippen LogP contribution in [-0.2, 0) is 0 Å². The Morgan fingerprint density at radius 1 is 1.05 bits per heavy atom. The third kappa shape index (κ3) is 7.17. The number of pyridine rings is 1. The number of hydrogen-bond donors (Lipinski definition) is 1. The first-order valence-corrected chi connectivity index (χ1v) is 14.6. The number of halogens is 1. The van der Waals surface area contributed by atoms with Gasteiger partial charge in [0, 0.05) is 47.4 Å². The number of nitrogens with one attached hydrogen (secondary N) is 1. The molecule has 2 heterocycles. The van der Waals surface area contributed by atoms with E-state index in [9.17, 15) is 0 Å². The summed E-state index contributed by atoms with van der Waals surface area (Å²) in [7, 11) is 1.61. The number of methoxy groups -OCH3 is 1. The molecule has 1 aliphatic rings. The number of nitrogens with zero attached hydrogens (tertiary/aromatic N) is 2. The number of ether oxygens (including phenoxy) is 3. The van der Waals surface area contributed by atoms with E-state index in [1.54, 1.807) is 31.5 Å². The Morgan fingerprint density at radius 3 is 2.75 bits per heavy atom. The standard InChI is InChI=1S/C32H36FN3O3S/c1-22-7-4-9-25(17-22)40-35-24-10-11-30(27(33)18-24)39-29-12-13-34-28-20-32(31(37-3)19-26(28)29)38-16-6-15-36-14-5-8-23(2)21-36/h4,7,9-13,17-20,23,35H,5-6,8,14-16,21H2,1-3H3. The van der Waals surface area contributed by atoms with Crippen LogP contribution in [0.15, 0.2) is 71.8 Å². The minimum Gasteiger partial charge on any atom is -0.493 e. The lowest BCUT2D eigenvalue weighted by atomic mass is 10.0. The molecule has 4 aromatic rings. The monoisotopic (exact) mass is 561 g/mol. The van der Waals surface area contributed by atoms with E-state index >= 15 is 4.39 Å². The molecule has 0 aliphatic carbocycles. The molecule has 3 aromatic carbocycles. The molecule has 0 bridgehead atoms. The smallest absolute Gasteiger partial charge is 0.167 e. The molecule has 1 fully saturated rings. The fourth-order valence-corrected chi connectivity index (χ4v) is 5.77. The van der Waals surface area contributed by atoms with E-state index in [-0.39, 0.29) is 5.75 Å². The number of aryl methyl sites for hydroxylation is 1. The van der Waals surface area contributed by atoms with Crippen LogP contribution in [0.25, 0.3) is 10.9 Å². The van der Waals surface area contributed by atoms with Gasteiger partial charge < -0.3 is 23.8 Å². The van der Waals surface area contributed by atoms with Crippen LogP contribution in [0.4, 0.5) is 10.1 Å². The maximum Gasteiger partial charge on any atom is 0.167 e. The number of aromatic nitrogens is 1. The number of piperidine rings is 1. The first-order valence-electron chi connectivity index (χ1n) is 13.8. The van der Waals surface area contributed by atoms with Gasteiger partial charge in [-0.1, -0.05) is 19.1 Å². The van der Waals surface area contributed by atoms with Gasteiger partial charge in [-0.2, -0.15) is 0 Å². The average Bonchev–Trinajstić information content (AvgIpc) is 2.95. The van der Waals surface area contributed by atoms with Crippen molar-refractivity contribution in [3.05, 3.63) is 78.2 Å². The van der Waals surface area contributed by atoms with E-state index in [1.165, 1.54) is 43.0 Å². The molecular formula is C32H36FN3O3S. The summed E-state index contributed by atoms with van der Waals surface area (Å²) in [6, 6.07) is 18.4. The largest absolute Gasteiger partial charge is 0.493 e. The van der Waals surface area contributed by atoms with Crippen LogP contribution in [0.3, 0.4) is 0 Å². The molecule has 0 amide bonds. The molecule has 1 N–H and O–H groups in total. The SMILES string of the molecule is COc1cc2c(Oc3ccc(NSc4cccc(C)c4)cc3F)ccnc2cc1OCCCN1CCCC(C)C1. The summed E-state index contributed by atoms with van der Waals surface area (Å²) in [5.41, 5.74) is 2.50. The minimum absolute atomic E-state index is 0.130. The van der Waals surface area contributed by atoms with Gasteiger partial charge in [0.05, 0.1) is 19.2 Å². The van der Waals surface area contributed by atoms with Gasteiger partial charge in [-0.3, -0.25) is 4.98 Å². The summed E-state index contributed by atoms with van der Waals surface area (Å²) in [5, 5.41) is 0.714. The highest BCUT2D eigenvalue weighted by Crippen LogP contribution is 2.38. The molecule has 1 aromatic heterocycles. The van der Waals surface area contributed by atoms with Crippen molar-refractivity contribution < 1.29 is 18.6 Å². The molecule has 1 unspecified atom stereocenters. The van der Waals surface area contributed by atoms with Gasteiger partial charge in [-0.05, 0) is 92.6 Å². The van der Waals surface area contributed by atoms with Gasteiger partial charge in [-0.25, -0.2) is 4.39 Å². The fraction of sp³-hybridized carbons (Fsp3) is 0.344. The molecule has 1 aliphatic heterocycles. The van der Waals surface area contributed by atoms with Crippen LogP contribution in [0.2, 0.25) is 0 Å². The topological polar surface area (TPSA) is 55.9 Å². The average molecular weight is 562 g/mol. The third-order valence-corrected chi connectivity index (χ3v) is 7.86. The van der Waals surface area contributed by atoms with Crippen molar-refractivity contribution in [2.45, 2.75) is 38.0 Å². The minimum atomic E-state index is -0.463. The summed E-state index contributed by atoms with van der Waals surface area (Å²) >= 11 is 1.43. The number of anilines is 1.